The number of hydrogen-bond acceptors (Lipinski definition) is 4. The molecule has 0 aliphatic carbocycles. The summed E-state index contributed by atoms with van der Waals surface area (Å²) < 4.78 is 6.84. The van der Waals surface area contributed by atoms with Crippen LogP contribution in [0.1, 0.15) is 37.2 Å². The van der Waals surface area contributed by atoms with E-state index in [2.05, 4.69) is 23.5 Å². The molecule has 1 saturated heterocycles. The van der Waals surface area contributed by atoms with Gasteiger partial charge >= 0.3 is 0 Å². The van der Waals surface area contributed by atoms with Gasteiger partial charge in [-0.25, -0.2) is 4.98 Å². The molecule has 0 spiro atoms. The quantitative estimate of drug-likeness (QED) is 0.671. The summed E-state index contributed by atoms with van der Waals surface area (Å²) >= 11 is 1.76. The monoisotopic (exact) mass is 396 g/mol. The second-order valence-corrected chi connectivity index (χ2v) is 8.19. The van der Waals surface area contributed by atoms with E-state index in [0.717, 1.165) is 41.3 Å². The third-order valence-electron chi connectivity index (χ3n) is 5.19. The molecule has 1 unspecified atom stereocenters. The van der Waals surface area contributed by atoms with Crippen molar-refractivity contribution in [3.63, 3.8) is 0 Å². The summed E-state index contributed by atoms with van der Waals surface area (Å²) in [6.07, 6.45) is 3.43. The van der Waals surface area contributed by atoms with Crippen LogP contribution in [0.25, 0.3) is 10.2 Å². The lowest BCUT2D eigenvalue weighted by Gasteiger charge is -2.30. The number of nitrogens with one attached hydrogen (secondary N) is 2. The van der Waals surface area contributed by atoms with E-state index in [-0.39, 0.29) is 5.91 Å². The number of ether oxygens (including phenoxy) is 1. The second-order valence-electron chi connectivity index (χ2n) is 7.13. The maximum Gasteiger partial charge on any atom is 0.279 e. The van der Waals surface area contributed by atoms with Crippen LogP contribution in [0.2, 0.25) is 0 Å². The fourth-order valence-corrected chi connectivity index (χ4v) is 5.04. The summed E-state index contributed by atoms with van der Waals surface area (Å²) in [5, 5.41) is 4.19. The van der Waals surface area contributed by atoms with Gasteiger partial charge in [0.05, 0.1) is 29.1 Å². The number of rotatable bonds is 6. The van der Waals surface area contributed by atoms with Crippen LogP contribution < -0.4 is 15.0 Å². The Hall–Kier alpha value is -2.44. The highest BCUT2D eigenvalue weighted by molar-refractivity contribution is 7.18. The third-order valence-corrected chi connectivity index (χ3v) is 6.34. The molecule has 6 heteroatoms. The van der Waals surface area contributed by atoms with E-state index < -0.39 is 0 Å². The smallest absolute Gasteiger partial charge is 0.279 e. The molecule has 0 radical (unpaired) electrons. The Morgan fingerprint density at radius 2 is 2.04 bits per heavy atom. The van der Waals surface area contributed by atoms with E-state index in [0.29, 0.717) is 19.2 Å². The molecule has 2 heterocycles. The number of likely N-dealkylation sites (tertiary alicyclic amines) is 1. The zero-order valence-corrected chi connectivity index (χ0v) is 16.9. The van der Waals surface area contributed by atoms with Crippen molar-refractivity contribution in [3.8, 4) is 5.75 Å². The van der Waals surface area contributed by atoms with Gasteiger partial charge in [-0.3, -0.25) is 4.79 Å². The molecular weight excluding hydrogens is 370 g/mol. The van der Waals surface area contributed by atoms with Crippen molar-refractivity contribution in [2.24, 2.45) is 0 Å². The number of benzene rings is 2. The molecule has 0 saturated carbocycles. The molecule has 2 aromatic carbocycles. The highest BCUT2D eigenvalue weighted by Gasteiger charge is 2.32. The number of hydrogen-bond donors (Lipinski definition) is 2. The topological polar surface area (TPSA) is 55.7 Å². The number of anilines is 1. The highest BCUT2D eigenvalue weighted by atomic mass is 32.1. The van der Waals surface area contributed by atoms with Crippen molar-refractivity contribution < 1.29 is 14.4 Å². The Morgan fingerprint density at radius 3 is 2.89 bits per heavy atom. The van der Waals surface area contributed by atoms with E-state index in [1.54, 1.807) is 11.3 Å². The van der Waals surface area contributed by atoms with Crippen molar-refractivity contribution in [3.05, 3.63) is 53.5 Å². The first kappa shape index (κ1) is 18.9. The Labute approximate surface area is 169 Å². The second kappa shape index (κ2) is 8.71. The minimum atomic E-state index is 0.0233. The number of nitrogens with zero attached hydrogens (tertiary/aromatic N) is 1. The first-order chi connectivity index (χ1) is 13.7. The summed E-state index contributed by atoms with van der Waals surface area (Å²) in [6.45, 7) is 3.96. The molecule has 1 aliphatic heterocycles. The summed E-state index contributed by atoms with van der Waals surface area (Å²) in [5.74, 6) is 0.741. The largest absolute Gasteiger partial charge is 0.492 e. The van der Waals surface area contributed by atoms with Crippen molar-refractivity contribution in [1.82, 2.24) is 4.98 Å². The van der Waals surface area contributed by atoms with Crippen LogP contribution in [0.4, 0.5) is 5.69 Å². The van der Waals surface area contributed by atoms with Gasteiger partial charge in [-0.2, -0.15) is 0 Å². The molecule has 1 aromatic heterocycles. The van der Waals surface area contributed by atoms with E-state index >= 15 is 0 Å². The minimum Gasteiger partial charge on any atom is -0.492 e. The van der Waals surface area contributed by atoms with Gasteiger partial charge in [-0.15, -0.1) is 11.3 Å². The van der Waals surface area contributed by atoms with Crippen LogP contribution in [-0.4, -0.2) is 30.6 Å². The Bertz CT molecular complexity index is 923. The summed E-state index contributed by atoms with van der Waals surface area (Å²) in [4.78, 5) is 18.9. The zero-order chi connectivity index (χ0) is 19.3. The third kappa shape index (κ3) is 4.18. The van der Waals surface area contributed by atoms with Crippen molar-refractivity contribution in [2.75, 3.05) is 25.0 Å². The summed E-state index contributed by atoms with van der Waals surface area (Å²) in [5.41, 5.74) is 1.80. The van der Waals surface area contributed by atoms with E-state index in [1.165, 1.54) is 16.0 Å². The number of para-hydroxylation sites is 3. The van der Waals surface area contributed by atoms with Gasteiger partial charge in [0.1, 0.15) is 11.8 Å². The maximum absolute atomic E-state index is 12.8. The normalized spacial score (nSPS) is 19.5. The minimum absolute atomic E-state index is 0.0233. The van der Waals surface area contributed by atoms with Crippen molar-refractivity contribution in [1.29, 1.82) is 0 Å². The van der Waals surface area contributed by atoms with Crippen molar-refractivity contribution in [2.45, 2.75) is 32.2 Å². The molecule has 2 N–H and O–H groups in total. The average molecular weight is 397 g/mol. The lowest BCUT2D eigenvalue weighted by atomic mass is 10.0. The number of aromatic nitrogens is 1. The molecular formula is C22H26N3O2S+. The first-order valence-corrected chi connectivity index (χ1v) is 10.8. The van der Waals surface area contributed by atoms with Gasteiger partial charge < -0.3 is 15.0 Å². The standard InChI is InChI=1S/C22H25N3O2S/c1-2-27-19-12-5-3-9-16(19)23-21(26)15-25-14-8-7-11-18(25)22-24-17-10-4-6-13-20(17)28-22/h3-6,9-10,12-13,18H,2,7-8,11,14-15H2,1H3,(H,23,26)/p+1/t18-/m1/s1. The van der Waals surface area contributed by atoms with Gasteiger partial charge in [-0.05, 0) is 44.0 Å². The lowest BCUT2D eigenvalue weighted by molar-refractivity contribution is -0.929. The Balaban J connectivity index is 1.48. The van der Waals surface area contributed by atoms with Crippen LogP contribution in [0.3, 0.4) is 0 Å². The van der Waals surface area contributed by atoms with Crippen LogP contribution in [0.15, 0.2) is 48.5 Å². The SMILES string of the molecule is CCOc1ccccc1NC(=O)C[NH+]1CCCC[C@@H]1c1nc2ccccc2s1. The van der Waals surface area contributed by atoms with Crippen molar-refractivity contribution >= 4 is 33.1 Å². The molecule has 1 aliphatic rings. The van der Waals surface area contributed by atoms with Crippen LogP contribution in [-0.2, 0) is 4.79 Å². The number of carbonyl (C=O) groups excluding carboxylic acids is 1. The molecule has 3 aromatic rings. The van der Waals surface area contributed by atoms with E-state index in [1.807, 2.05) is 37.3 Å². The Kier molecular flexibility index (Phi) is 5.88. The summed E-state index contributed by atoms with van der Waals surface area (Å²) in [7, 11) is 0. The molecule has 5 nitrogen and oxygen atoms in total. The van der Waals surface area contributed by atoms with Gasteiger partial charge in [-0.1, -0.05) is 24.3 Å². The maximum atomic E-state index is 12.8. The van der Waals surface area contributed by atoms with Gasteiger partial charge in [0.15, 0.2) is 11.6 Å². The van der Waals surface area contributed by atoms with Gasteiger partial charge in [0.2, 0.25) is 0 Å². The lowest BCUT2D eigenvalue weighted by Crippen LogP contribution is -3.14. The molecule has 1 fully saturated rings. The van der Waals surface area contributed by atoms with Crippen LogP contribution in [0, 0.1) is 0 Å². The molecule has 146 valence electrons. The van der Waals surface area contributed by atoms with Crippen LogP contribution in [0.5, 0.6) is 5.75 Å². The molecule has 28 heavy (non-hydrogen) atoms. The summed E-state index contributed by atoms with van der Waals surface area (Å²) in [6, 6.07) is 16.2. The highest BCUT2D eigenvalue weighted by Crippen LogP contribution is 2.28. The van der Waals surface area contributed by atoms with Gasteiger partial charge in [0.25, 0.3) is 5.91 Å². The predicted molar refractivity (Wildman–Crippen MR) is 113 cm³/mol. The Morgan fingerprint density at radius 1 is 1.21 bits per heavy atom. The zero-order valence-electron chi connectivity index (χ0n) is 16.1. The number of amides is 1. The van der Waals surface area contributed by atoms with E-state index in [9.17, 15) is 4.79 Å². The number of quaternary nitrogens is 1. The molecule has 1 amide bonds. The molecule has 2 atom stereocenters. The first-order valence-electron chi connectivity index (χ1n) is 9.96. The molecule has 0 bridgehead atoms. The number of fused-ring (bicyclic) bond motifs is 1. The number of piperidine rings is 1. The number of carbonyl (C=O) groups is 1. The fraction of sp³-hybridized carbons (Fsp3) is 0.364. The number of thiazole rings is 1. The molecule has 4 rings (SSSR count). The van der Waals surface area contributed by atoms with Crippen LogP contribution >= 0.6 is 11.3 Å². The average Bonchev–Trinajstić information content (AvgIpc) is 3.14. The fourth-order valence-electron chi connectivity index (χ4n) is 3.88. The van der Waals surface area contributed by atoms with E-state index in [4.69, 9.17) is 9.72 Å². The van der Waals surface area contributed by atoms with Gasteiger partial charge in [0, 0.05) is 6.42 Å². The predicted octanol–water partition coefficient (Wildman–Crippen LogP) is 3.44.